The van der Waals surface area contributed by atoms with E-state index in [1.165, 1.54) is 0 Å². The first-order chi connectivity index (χ1) is 8.58. The molecule has 0 amide bonds. The van der Waals surface area contributed by atoms with Gasteiger partial charge in [0, 0.05) is 4.47 Å². The molecule has 4 N–H and O–H groups in total. The van der Waals surface area contributed by atoms with E-state index in [2.05, 4.69) is 15.9 Å². The zero-order chi connectivity index (χ0) is 13.1. The first-order valence-electron chi connectivity index (χ1n) is 5.19. The maximum Gasteiger partial charge on any atom is 0.343 e. The van der Waals surface area contributed by atoms with Crippen LogP contribution in [0.4, 0.5) is 11.4 Å². The number of carbonyl (C=O) groups excluding carboxylic acids is 1. The Balaban J connectivity index is 2.28. The van der Waals surface area contributed by atoms with E-state index in [9.17, 15) is 4.79 Å². The molecule has 0 aliphatic rings. The Bertz CT molecular complexity index is 585. The number of esters is 1. The van der Waals surface area contributed by atoms with E-state index in [1.54, 1.807) is 36.4 Å². The molecular formula is C13H11BrN2O2. The molecule has 0 spiro atoms. The van der Waals surface area contributed by atoms with Gasteiger partial charge in [0.05, 0.1) is 16.9 Å². The molecule has 0 saturated heterocycles. The summed E-state index contributed by atoms with van der Waals surface area (Å²) < 4.78 is 5.92. The van der Waals surface area contributed by atoms with E-state index in [4.69, 9.17) is 16.2 Å². The third-order valence-corrected chi connectivity index (χ3v) is 2.81. The lowest BCUT2D eigenvalue weighted by molar-refractivity contribution is 0.0736. The van der Waals surface area contributed by atoms with Crippen molar-refractivity contribution < 1.29 is 9.53 Å². The maximum absolute atomic E-state index is 11.9. The molecule has 0 heterocycles. The van der Waals surface area contributed by atoms with Gasteiger partial charge in [-0.05, 0) is 24.3 Å². The van der Waals surface area contributed by atoms with Crippen LogP contribution in [0.15, 0.2) is 46.9 Å². The van der Waals surface area contributed by atoms with Crippen molar-refractivity contribution in [2.24, 2.45) is 0 Å². The van der Waals surface area contributed by atoms with Crippen LogP contribution in [0.3, 0.4) is 0 Å². The quantitative estimate of drug-likeness (QED) is 0.508. The largest absolute Gasteiger partial charge is 0.421 e. The van der Waals surface area contributed by atoms with E-state index in [0.717, 1.165) is 0 Å². The van der Waals surface area contributed by atoms with Crippen molar-refractivity contribution in [2.75, 3.05) is 11.5 Å². The van der Waals surface area contributed by atoms with E-state index < -0.39 is 5.97 Å². The average Bonchev–Trinajstić information content (AvgIpc) is 2.36. The second-order valence-corrected chi connectivity index (χ2v) is 4.58. The highest BCUT2D eigenvalue weighted by Gasteiger charge is 2.12. The number of hydrogen-bond acceptors (Lipinski definition) is 4. The Morgan fingerprint density at radius 3 is 2.44 bits per heavy atom. The van der Waals surface area contributed by atoms with Crippen molar-refractivity contribution >= 4 is 33.3 Å². The SMILES string of the molecule is Nc1cc(Br)cc(OC(=O)c2ccccc2)c1N. The van der Waals surface area contributed by atoms with Gasteiger partial charge in [-0.3, -0.25) is 0 Å². The Kier molecular flexibility index (Phi) is 3.53. The standard InChI is InChI=1S/C13H11BrN2O2/c14-9-6-10(15)12(16)11(7-9)18-13(17)8-4-2-1-3-5-8/h1-7H,15-16H2. The monoisotopic (exact) mass is 306 g/mol. The highest BCUT2D eigenvalue weighted by Crippen LogP contribution is 2.32. The number of anilines is 2. The molecule has 0 aliphatic heterocycles. The minimum absolute atomic E-state index is 0.246. The lowest BCUT2D eigenvalue weighted by atomic mass is 10.2. The van der Waals surface area contributed by atoms with Gasteiger partial charge in [0.2, 0.25) is 0 Å². The molecule has 0 atom stereocenters. The van der Waals surface area contributed by atoms with Crippen molar-refractivity contribution in [2.45, 2.75) is 0 Å². The number of hydrogen-bond donors (Lipinski definition) is 2. The summed E-state index contributed by atoms with van der Waals surface area (Å²) in [4.78, 5) is 11.9. The number of rotatable bonds is 2. The van der Waals surface area contributed by atoms with E-state index >= 15 is 0 Å². The fourth-order valence-corrected chi connectivity index (χ4v) is 1.89. The molecule has 2 aromatic carbocycles. The molecule has 2 rings (SSSR count). The molecule has 4 nitrogen and oxygen atoms in total. The van der Waals surface area contributed by atoms with E-state index in [-0.39, 0.29) is 11.4 Å². The number of carbonyl (C=O) groups is 1. The molecule has 2 aromatic rings. The first-order valence-corrected chi connectivity index (χ1v) is 5.99. The number of nitrogen functional groups attached to an aromatic ring is 2. The van der Waals surface area contributed by atoms with Crippen molar-refractivity contribution in [3.63, 3.8) is 0 Å². The van der Waals surface area contributed by atoms with Crippen LogP contribution in [0, 0.1) is 0 Å². The molecule has 0 bridgehead atoms. The van der Waals surface area contributed by atoms with Gasteiger partial charge in [-0.25, -0.2) is 4.79 Å². The molecule has 0 aromatic heterocycles. The normalized spacial score (nSPS) is 10.1. The summed E-state index contributed by atoms with van der Waals surface area (Å²) in [5.41, 5.74) is 12.5. The van der Waals surface area contributed by atoms with Crippen LogP contribution in [-0.4, -0.2) is 5.97 Å². The van der Waals surface area contributed by atoms with Crippen LogP contribution in [-0.2, 0) is 0 Å². The molecule has 0 radical (unpaired) electrons. The van der Waals surface area contributed by atoms with Crippen LogP contribution in [0.25, 0.3) is 0 Å². The van der Waals surface area contributed by atoms with E-state index in [0.29, 0.717) is 15.7 Å². The van der Waals surface area contributed by atoms with Crippen molar-refractivity contribution in [3.05, 3.63) is 52.5 Å². The predicted octanol–water partition coefficient (Wildman–Crippen LogP) is 2.83. The molecule has 18 heavy (non-hydrogen) atoms. The summed E-state index contributed by atoms with van der Waals surface area (Å²) in [6.07, 6.45) is 0. The number of halogens is 1. The van der Waals surface area contributed by atoms with Gasteiger partial charge in [0.15, 0.2) is 5.75 Å². The van der Waals surface area contributed by atoms with Crippen LogP contribution in [0.5, 0.6) is 5.75 Å². The predicted molar refractivity (Wildman–Crippen MR) is 74.4 cm³/mol. The first kappa shape index (κ1) is 12.4. The summed E-state index contributed by atoms with van der Waals surface area (Å²) in [7, 11) is 0. The van der Waals surface area contributed by atoms with Crippen LogP contribution < -0.4 is 16.2 Å². The van der Waals surface area contributed by atoms with E-state index in [1.807, 2.05) is 6.07 Å². The lowest BCUT2D eigenvalue weighted by Gasteiger charge is -2.09. The molecule has 0 unspecified atom stereocenters. The topological polar surface area (TPSA) is 78.3 Å². The smallest absolute Gasteiger partial charge is 0.343 e. The van der Waals surface area contributed by atoms with Crippen molar-refractivity contribution in [1.29, 1.82) is 0 Å². The Morgan fingerprint density at radius 2 is 1.78 bits per heavy atom. The maximum atomic E-state index is 11.9. The zero-order valence-electron chi connectivity index (χ0n) is 9.39. The second-order valence-electron chi connectivity index (χ2n) is 3.66. The molecule has 5 heteroatoms. The summed E-state index contributed by atoms with van der Waals surface area (Å²) >= 11 is 3.27. The van der Waals surface area contributed by atoms with Gasteiger partial charge >= 0.3 is 5.97 Å². The molecular weight excluding hydrogens is 296 g/mol. The summed E-state index contributed by atoms with van der Waals surface area (Å²) in [5, 5.41) is 0. The summed E-state index contributed by atoms with van der Waals surface area (Å²) in [5.74, 6) is -0.226. The highest BCUT2D eigenvalue weighted by atomic mass is 79.9. The lowest BCUT2D eigenvalue weighted by Crippen LogP contribution is -2.10. The van der Waals surface area contributed by atoms with Crippen LogP contribution in [0.2, 0.25) is 0 Å². The fraction of sp³-hybridized carbons (Fsp3) is 0. The van der Waals surface area contributed by atoms with Crippen molar-refractivity contribution in [3.8, 4) is 5.75 Å². The van der Waals surface area contributed by atoms with Gasteiger partial charge in [-0.15, -0.1) is 0 Å². The number of nitrogens with two attached hydrogens (primary N) is 2. The Morgan fingerprint density at radius 1 is 1.11 bits per heavy atom. The Hall–Kier alpha value is -2.01. The molecule has 0 fully saturated rings. The molecule has 0 saturated carbocycles. The van der Waals surface area contributed by atoms with Gasteiger partial charge < -0.3 is 16.2 Å². The Labute approximate surface area is 113 Å². The highest BCUT2D eigenvalue weighted by molar-refractivity contribution is 9.10. The van der Waals surface area contributed by atoms with Crippen LogP contribution in [0.1, 0.15) is 10.4 Å². The molecule has 92 valence electrons. The third-order valence-electron chi connectivity index (χ3n) is 2.35. The minimum atomic E-state index is -0.472. The minimum Gasteiger partial charge on any atom is -0.421 e. The average molecular weight is 307 g/mol. The summed E-state index contributed by atoms with van der Waals surface area (Å²) in [6, 6.07) is 11.9. The van der Waals surface area contributed by atoms with Crippen molar-refractivity contribution in [1.82, 2.24) is 0 Å². The van der Waals surface area contributed by atoms with Gasteiger partial charge in [0.25, 0.3) is 0 Å². The number of benzene rings is 2. The van der Waals surface area contributed by atoms with Gasteiger partial charge in [0.1, 0.15) is 0 Å². The number of ether oxygens (including phenoxy) is 1. The van der Waals surface area contributed by atoms with Gasteiger partial charge in [-0.1, -0.05) is 34.1 Å². The second kappa shape index (κ2) is 5.10. The zero-order valence-corrected chi connectivity index (χ0v) is 11.0. The fourth-order valence-electron chi connectivity index (χ4n) is 1.43. The molecule has 0 aliphatic carbocycles. The summed E-state index contributed by atoms with van der Waals surface area (Å²) in [6.45, 7) is 0. The van der Waals surface area contributed by atoms with Crippen LogP contribution >= 0.6 is 15.9 Å². The third kappa shape index (κ3) is 2.62. The van der Waals surface area contributed by atoms with Gasteiger partial charge in [-0.2, -0.15) is 0 Å².